The van der Waals surface area contributed by atoms with Crippen molar-refractivity contribution in [1.29, 1.82) is 5.53 Å². The first-order valence-corrected chi connectivity index (χ1v) is 9.07. The minimum absolute atomic E-state index is 1.31. The van der Waals surface area contributed by atoms with Gasteiger partial charge < -0.3 is 0 Å². The lowest BCUT2D eigenvalue weighted by Gasteiger charge is -1.73. The van der Waals surface area contributed by atoms with E-state index in [0.717, 1.165) is 0 Å². The van der Waals surface area contributed by atoms with Gasteiger partial charge in [0, 0.05) is 141 Å². The maximum Gasteiger partial charge on any atom is 0 e. The molecule has 0 aromatic heterocycles. The average Bonchev–Trinajstić information content (AvgIpc) is 3.07. The Hall–Kier alpha value is -9.04. The molecule has 46 heteroatoms. The fourth-order valence-corrected chi connectivity index (χ4v) is 0.758. The van der Waals surface area contributed by atoms with E-state index in [1.54, 1.807) is 0 Å². The molecule has 0 aromatic carbocycles. The van der Waals surface area contributed by atoms with Crippen LogP contribution >= 0.6 is 0 Å². The second-order valence-electron chi connectivity index (χ2n) is 3.97. The van der Waals surface area contributed by atoms with E-state index in [0.29, 0.717) is 0 Å². The molecule has 0 aliphatic heterocycles. The molecule has 0 aliphatic carbocycles. The molecule has 0 atom stereocenters. The summed E-state index contributed by atoms with van der Waals surface area (Å²) in [7, 11) is 0. The minimum atomic E-state index is 1.31. The Labute approximate surface area is 242 Å². The van der Waals surface area contributed by atoms with Crippen molar-refractivity contribution in [3.05, 3.63) is 0 Å². The molecule has 46 heavy (non-hydrogen) atoms. The number of hydrogen-bond donors (Lipinski definition) is 3. The van der Waals surface area contributed by atoms with Crippen LogP contribution in [0, 0.1) is 5.53 Å². The van der Waals surface area contributed by atoms with Gasteiger partial charge in [-0.25, -0.2) is 0 Å². The number of rotatable bonds is 22. The van der Waals surface area contributed by atoms with Gasteiger partial charge in [0.05, 0.1) is 0 Å². The zero-order chi connectivity index (χ0) is 33.1. The van der Waals surface area contributed by atoms with Crippen molar-refractivity contribution in [1.82, 2.24) is 5.59 Å². The van der Waals surface area contributed by atoms with Gasteiger partial charge in [0.1, 0.15) is 0 Å². The van der Waals surface area contributed by atoms with Crippen molar-refractivity contribution in [2.45, 2.75) is 0 Å². The molecule has 0 bridgehead atoms. The SMILES string of the molecule is N=N/N=N/N=N/N=N/N=N/N=N/N=N/N=N/N=N/N=N/N=N/N=N/N=N/N=N/N=N/N=N/N=N/N=N/N=N/N=N/N=N/N=N/NO. The average molecular weight is 649 g/mol. The smallest absolute Gasteiger partial charge is 0 e. The van der Waals surface area contributed by atoms with E-state index in [1.165, 1.54) is 5.59 Å². The first kappa shape index (κ1) is 37.0. The molecular formula is H3N45O. The lowest BCUT2D eigenvalue weighted by Crippen LogP contribution is -1.90. The van der Waals surface area contributed by atoms with Crippen LogP contribution in [0.25, 0.3) is 0 Å². The summed E-state index contributed by atoms with van der Waals surface area (Å²) in [4.78, 5) is 0. The van der Waals surface area contributed by atoms with Crippen LogP contribution in [0.1, 0.15) is 0 Å². The molecule has 0 heterocycles. The van der Waals surface area contributed by atoms with Gasteiger partial charge in [-0.1, -0.05) is 0 Å². The van der Waals surface area contributed by atoms with Gasteiger partial charge >= 0.3 is 0 Å². The van der Waals surface area contributed by atoms with Gasteiger partial charge in [0.25, 0.3) is 0 Å². The van der Waals surface area contributed by atoms with Crippen LogP contribution in [0.5, 0.6) is 0 Å². The van der Waals surface area contributed by atoms with Crippen LogP contribution in [0.15, 0.2) is 225 Å². The van der Waals surface area contributed by atoms with Crippen LogP contribution in [0.3, 0.4) is 0 Å². The molecule has 234 valence electrons. The predicted octanol–water partition coefficient (Wildman–Crippen LogP) is 7.62. The molecule has 0 spiro atoms. The summed E-state index contributed by atoms with van der Waals surface area (Å²) in [6, 6.07) is 0. The molecule has 0 unspecified atom stereocenters. The second-order valence-corrected chi connectivity index (χ2v) is 3.97. The molecule has 0 amide bonds. The minimum Gasteiger partial charge on any atom is -0.273 e. The fraction of sp³-hybridized carbons (Fsp3) is 0. The first-order valence-electron chi connectivity index (χ1n) is 9.07. The Balaban J connectivity index is 4.04. The second kappa shape index (κ2) is 36.0. The maximum atomic E-state index is 7.99. The summed E-state index contributed by atoms with van der Waals surface area (Å²) in [6.07, 6.45) is 0. The van der Waals surface area contributed by atoms with E-state index in [2.05, 4.69) is 225 Å². The highest BCUT2D eigenvalue weighted by Crippen LogP contribution is 1.92. The Bertz CT molecular complexity index is 1400. The van der Waals surface area contributed by atoms with E-state index in [-0.39, 0.29) is 0 Å². The van der Waals surface area contributed by atoms with E-state index in [9.17, 15) is 0 Å². The highest BCUT2D eigenvalue weighted by molar-refractivity contribution is 4.17. The molecule has 46 nitrogen and oxygen atoms in total. The van der Waals surface area contributed by atoms with Crippen LogP contribution in [0.2, 0.25) is 0 Å². The van der Waals surface area contributed by atoms with E-state index in [1.807, 2.05) is 0 Å². The summed E-state index contributed by atoms with van der Waals surface area (Å²) in [5.41, 5.74) is 7.56. The van der Waals surface area contributed by atoms with Crippen molar-refractivity contribution < 1.29 is 5.21 Å². The van der Waals surface area contributed by atoms with Crippen molar-refractivity contribution in [3.8, 4) is 0 Å². The van der Waals surface area contributed by atoms with Crippen molar-refractivity contribution in [2.75, 3.05) is 0 Å². The summed E-state index contributed by atoms with van der Waals surface area (Å²) in [5.74, 6) is 0. The lowest BCUT2D eigenvalue weighted by atomic mass is 12.3. The van der Waals surface area contributed by atoms with Crippen molar-refractivity contribution in [3.63, 3.8) is 0 Å². The largest absolute Gasteiger partial charge is 0.273 e. The number of nitrogens with one attached hydrogen (secondary N) is 2. The molecule has 0 aromatic rings. The van der Waals surface area contributed by atoms with Crippen molar-refractivity contribution in [2.24, 2.45) is 225 Å². The quantitative estimate of drug-likeness (QED) is 0.0786. The van der Waals surface area contributed by atoms with E-state index in [4.69, 9.17) is 10.7 Å². The normalized spacial score (nSPS) is 15.1. The molecule has 0 saturated carbocycles. The van der Waals surface area contributed by atoms with Crippen LogP contribution in [-0.2, 0) is 0 Å². The zero-order valence-corrected chi connectivity index (χ0v) is 20.7. The van der Waals surface area contributed by atoms with E-state index < -0.39 is 0 Å². The molecule has 0 radical (unpaired) electrons. The fourth-order valence-electron chi connectivity index (χ4n) is 0.758. The van der Waals surface area contributed by atoms with Gasteiger partial charge in [-0.3, -0.25) is 5.21 Å². The summed E-state index contributed by atoms with van der Waals surface area (Å²) < 4.78 is 0. The Kier molecular flexibility index (Phi) is 28.9. The Morgan fingerprint density at radius 2 is 0.348 bits per heavy atom. The van der Waals surface area contributed by atoms with Gasteiger partial charge in [0.2, 0.25) is 0 Å². The highest BCUT2D eigenvalue weighted by Gasteiger charge is 1.74. The zero-order valence-electron chi connectivity index (χ0n) is 20.7. The van der Waals surface area contributed by atoms with Gasteiger partial charge in [-0.05, 0) is 83.6 Å². The molecule has 0 fully saturated rings. The molecule has 0 rings (SSSR count). The van der Waals surface area contributed by atoms with Gasteiger partial charge in [-0.2, -0.15) is 11.1 Å². The highest BCUT2D eigenvalue weighted by atomic mass is 16.5. The Morgan fingerprint density at radius 1 is 0.217 bits per heavy atom. The topological polar surface area (TPSA) is 588 Å². The first-order chi connectivity index (χ1) is 22.9. The summed E-state index contributed by atoms with van der Waals surface area (Å²) in [6.45, 7) is 0. The number of hydrogen-bond acceptors (Lipinski definition) is 3. The lowest BCUT2D eigenvalue weighted by molar-refractivity contribution is 0.161. The molecular weight excluding hydrogens is 646 g/mol. The third kappa shape index (κ3) is 35.0. The van der Waals surface area contributed by atoms with Gasteiger partial charge in [0.15, 0.2) is 0 Å². The van der Waals surface area contributed by atoms with Crippen LogP contribution in [0.4, 0.5) is 0 Å². The summed E-state index contributed by atoms with van der Waals surface area (Å²) >= 11 is 0. The monoisotopic (exact) mass is 649 g/mol. The standard InChI is InChI=1S/H3N45O/c1-2-3-4-5-6-7-8-9-10-11-12-13-14-15-16-17-18-19-20-21-22-23-24-25-26-27-28-29-30-31-32-33-34-35-36-37-38-39-40-41-42-43-44-45-46/h(H2,1,3,5,7,9,11,13,15,17,19,21,23,25,27,29,31,33,35,37,39,41,43,45)(H,2,4,6,8,10,12,14,16,18,20,22,24,26,28,30,32,34,36,38,40,42,44,46). The maximum absolute atomic E-state index is 7.99. The van der Waals surface area contributed by atoms with Crippen LogP contribution < -0.4 is 5.59 Å². The van der Waals surface area contributed by atoms with Crippen LogP contribution in [-0.4, -0.2) is 5.21 Å². The Morgan fingerprint density at radius 3 is 0.478 bits per heavy atom. The number of nitrogens with zero attached hydrogens (tertiary/aromatic N) is 43. The predicted molar refractivity (Wildman–Crippen MR) is 112 cm³/mol. The third-order valence-electron chi connectivity index (χ3n) is 1.73. The van der Waals surface area contributed by atoms with Crippen molar-refractivity contribution >= 4 is 0 Å². The van der Waals surface area contributed by atoms with Gasteiger partial charge in [-0.15, -0.1) is 0 Å². The van der Waals surface area contributed by atoms with E-state index >= 15 is 0 Å². The molecule has 0 aliphatic rings. The summed E-state index contributed by atoms with van der Waals surface area (Å²) in [5, 5.41) is 135. The molecule has 3 N–H and O–H groups in total. The molecule has 0 saturated heterocycles. The third-order valence-corrected chi connectivity index (χ3v) is 1.73.